The van der Waals surface area contributed by atoms with E-state index in [0.29, 0.717) is 11.3 Å². The summed E-state index contributed by atoms with van der Waals surface area (Å²) in [5.74, 6) is -0.946. The van der Waals surface area contributed by atoms with Crippen LogP contribution in [-0.2, 0) is 20.9 Å². The summed E-state index contributed by atoms with van der Waals surface area (Å²) >= 11 is 1.37. The van der Waals surface area contributed by atoms with Crippen LogP contribution in [0.3, 0.4) is 0 Å². The van der Waals surface area contributed by atoms with E-state index < -0.39 is 30.1 Å². The first-order valence-electron chi connectivity index (χ1n) is 8.69. The van der Waals surface area contributed by atoms with Crippen molar-refractivity contribution in [3.8, 4) is 0 Å². The molecule has 0 unspecified atom stereocenters. The minimum Gasteiger partial charge on any atom is -0.480 e. The largest absolute Gasteiger partial charge is 0.480 e. The number of hydrogen-bond donors (Lipinski definition) is 2. The lowest BCUT2D eigenvalue weighted by molar-refractivity contribution is -0.148. The number of aliphatic carboxylic acids is 1. The van der Waals surface area contributed by atoms with E-state index in [0.717, 1.165) is 5.56 Å². The van der Waals surface area contributed by atoms with Gasteiger partial charge in [-0.05, 0) is 11.1 Å². The van der Waals surface area contributed by atoms with Crippen molar-refractivity contribution in [2.45, 2.75) is 18.7 Å². The third-order valence-electron chi connectivity index (χ3n) is 4.31. The van der Waals surface area contributed by atoms with Crippen molar-refractivity contribution >= 4 is 29.7 Å². The van der Waals surface area contributed by atoms with E-state index in [1.54, 1.807) is 30.3 Å². The van der Waals surface area contributed by atoms with Gasteiger partial charge < -0.3 is 20.1 Å². The first kappa shape index (κ1) is 19.8. The van der Waals surface area contributed by atoms with E-state index in [4.69, 9.17) is 4.74 Å². The average Bonchev–Trinajstić information content (AvgIpc) is 3.22. The van der Waals surface area contributed by atoms with Crippen molar-refractivity contribution < 1.29 is 24.2 Å². The van der Waals surface area contributed by atoms with Crippen LogP contribution in [0.2, 0.25) is 0 Å². The molecule has 146 valence electrons. The van der Waals surface area contributed by atoms with Gasteiger partial charge in [0.25, 0.3) is 5.91 Å². The zero-order valence-corrected chi connectivity index (χ0v) is 15.8. The second kappa shape index (κ2) is 9.27. The molecule has 1 fully saturated rings. The Morgan fingerprint density at radius 3 is 2.39 bits per heavy atom. The topological polar surface area (TPSA) is 95.9 Å². The number of carboxylic acid groups (broad SMARTS) is 1. The van der Waals surface area contributed by atoms with Crippen molar-refractivity contribution in [3.05, 3.63) is 71.8 Å². The number of nitrogens with one attached hydrogen (secondary N) is 1. The Morgan fingerprint density at radius 1 is 1.11 bits per heavy atom. The molecule has 0 aliphatic carbocycles. The number of nitrogens with zero attached hydrogens (tertiary/aromatic N) is 1. The number of thioether (sulfide) groups is 1. The first-order valence-corrected chi connectivity index (χ1v) is 9.85. The van der Waals surface area contributed by atoms with Gasteiger partial charge in [-0.3, -0.25) is 4.79 Å². The molecule has 2 atom stereocenters. The first-order chi connectivity index (χ1) is 13.6. The molecule has 3 rings (SSSR count). The summed E-state index contributed by atoms with van der Waals surface area (Å²) in [6.45, 7) is 0.0691. The van der Waals surface area contributed by atoms with Gasteiger partial charge in [0, 0.05) is 5.75 Å². The van der Waals surface area contributed by atoms with Crippen LogP contribution < -0.4 is 5.32 Å². The Labute approximate surface area is 166 Å². The van der Waals surface area contributed by atoms with Crippen molar-refractivity contribution in [1.29, 1.82) is 0 Å². The van der Waals surface area contributed by atoms with Gasteiger partial charge >= 0.3 is 12.1 Å². The highest BCUT2D eigenvalue weighted by molar-refractivity contribution is 7.99. The fraction of sp³-hybridized carbons (Fsp3) is 0.250. The number of hydrogen-bond acceptors (Lipinski definition) is 5. The van der Waals surface area contributed by atoms with Crippen molar-refractivity contribution in [3.63, 3.8) is 0 Å². The van der Waals surface area contributed by atoms with Crippen molar-refractivity contribution in [2.24, 2.45) is 0 Å². The van der Waals surface area contributed by atoms with Crippen LogP contribution in [0.4, 0.5) is 4.79 Å². The quantitative estimate of drug-likeness (QED) is 0.774. The highest BCUT2D eigenvalue weighted by Crippen LogP contribution is 2.26. The number of carbonyl (C=O) groups excluding carboxylic acids is 2. The molecule has 8 heteroatoms. The fourth-order valence-corrected chi connectivity index (χ4v) is 4.00. The summed E-state index contributed by atoms with van der Waals surface area (Å²) < 4.78 is 5.22. The molecule has 2 aromatic carbocycles. The minimum atomic E-state index is -1.06. The van der Waals surface area contributed by atoms with Crippen LogP contribution in [0.5, 0.6) is 0 Å². The molecule has 0 radical (unpaired) electrons. The van der Waals surface area contributed by atoms with E-state index in [-0.39, 0.29) is 12.5 Å². The lowest BCUT2D eigenvalue weighted by Crippen LogP contribution is -2.48. The summed E-state index contributed by atoms with van der Waals surface area (Å²) in [6, 6.07) is 16.0. The molecule has 1 heterocycles. The molecule has 1 saturated heterocycles. The van der Waals surface area contributed by atoms with Crippen LogP contribution in [0.1, 0.15) is 17.2 Å². The number of alkyl carbamates (subject to hydrolysis) is 1. The summed E-state index contributed by atoms with van der Waals surface area (Å²) in [4.78, 5) is 38.1. The minimum absolute atomic E-state index is 0.0691. The highest BCUT2D eigenvalue weighted by Gasteiger charge is 2.38. The molecule has 0 bridgehead atoms. The molecular formula is C20H20N2O5S. The Balaban J connectivity index is 1.73. The third kappa shape index (κ3) is 4.83. The summed E-state index contributed by atoms with van der Waals surface area (Å²) in [6.07, 6.45) is -0.746. The van der Waals surface area contributed by atoms with E-state index in [9.17, 15) is 19.5 Å². The predicted octanol–water partition coefficient (Wildman–Crippen LogP) is 2.64. The second-order valence-electron chi connectivity index (χ2n) is 6.21. The Kier molecular flexibility index (Phi) is 6.54. The second-order valence-corrected chi connectivity index (χ2v) is 7.21. The normalized spacial score (nSPS) is 17.0. The molecule has 0 saturated carbocycles. The number of rotatable bonds is 6. The van der Waals surface area contributed by atoms with Gasteiger partial charge in [-0.15, -0.1) is 11.8 Å². The van der Waals surface area contributed by atoms with Crippen molar-refractivity contribution in [1.82, 2.24) is 10.2 Å². The van der Waals surface area contributed by atoms with E-state index in [2.05, 4.69) is 5.32 Å². The number of carbonyl (C=O) groups is 3. The van der Waals surface area contributed by atoms with Gasteiger partial charge in [-0.25, -0.2) is 9.59 Å². The lowest BCUT2D eigenvalue weighted by atomic mass is 10.1. The van der Waals surface area contributed by atoms with Crippen LogP contribution in [0.25, 0.3) is 0 Å². The third-order valence-corrected chi connectivity index (χ3v) is 5.32. The maximum Gasteiger partial charge on any atom is 0.408 e. The molecular weight excluding hydrogens is 380 g/mol. The molecule has 2 amide bonds. The zero-order chi connectivity index (χ0) is 19.9. The van der Waals surface area contributed by atoms with Gasteiger partial charge in [-0.1, -0.05) is 60.7 Å². The number of carboxylic acids is 1. The van der Waals surface area contributed by atoms with E-state index in [1.165, 1.54) is 16.7 Å². The Bertz CT molecular complexity index is 831. The monoisotopic (exact) mass is 400 g/mol. The van der Waals surface area contributed by atoms with Gasteiger partial charge in [0.15, 0.2) is 0 Å². The maximum absolute atomic E-state index is 13.0. The van der Waals surface area contributed by atoms with Gasteiger partial charge in [0.2, 0.25) is 0 Å². The smallest absolute Gasteiger partial charge is 0.408 e. The molecule has 0 aromatic heterocycles. The van der Waals surface area contributed by atoms with Gasteiger partial charge in [-0.2, -0.15) is 0 Å². The Hall–Kier alpha value is -3.00. The summed E-state index contributed by atoms with van der Waals surface area (Å²) in [7, 11) is 0. The van der Waals surface area contributed by atoms with Crippen LogP contribution in [-0.4, -0.2) is 45.6 Å². The molecule has 0 spiro atoms. The van der Waals surface area contributed by atoms with Gasteiger partial charge in [0.05, 0.1) is 5.88 Å². The highest BCUT2D eigenvalue weighted by atomic mass is 32.2. The van der Waals surface area contributed by atoms with Crippen LogP contribution >= 0.6 is 11.8 Å². The molecule has 7 nitrogen and oxygen atoms in total. The molecule has 1 aliphatic rings. The standard InChI is InChI=1S/C20H20N2O5S/c23-18(22-13-28-12-16(22)19(24)25)17(15-9-5-2-6-10-15)21-20(26)27-11-14-7-3-1-4-8-14/h1-10,16-17H,11-13H2,(H,21,26)(H,24,25)/t16-,17-/m0/s1. The number of benzene rings is 2. The predicted molar refractivity (Wildman–Crippen MR) is 105 cm³/mol. The van der Waals surface area contributed by atoms with Crippen LogP contribution in [0, 0.1) is 0 Å². The molecule has 28 heavy (non-hydrogen) atoms. The number of ether oxygens (including phenoxy) is 1. The van der Waals surface area contributed by atoms with E-state index >= 15 is 0 Å². The molecule has 2 N–H and O–H groups in total. The molecule has 1 aliphatic heterocycles. The molecule has 2 aromatic rings. The zero-order valence-electron chi connectivity index (χ0n) is 15.0. The average molecular weight is 400 g/mol. The van der Waals surface area contributed by atoms with Crippen molar-refractivity contribution in [2.75, 3.05) is 11.6 Å². The van der Waals surface area contributed by atoms with E-state index in [1.807, 2.05) is 30.3 Å². The Morgan fingerprint density at radius 2 is 1.75 bits per heavy atom. The summed E-state index contributed by atoms with van der Waals surface area (Å²) in [5.41, 5.74) is 1.38. The van der Waals surface area contributed by atoms with Crippen LogP contribution in [0.15, 0.2) is 60.7 Å². The fourth-order valence-electron chi connectivity index (χ4n) is 2.85. The summed E-state index contributed by atoms with van der Waals surface area (Å²) in [5, 5.41) is 11.9. The SMILES string of the molecule is O=C(N[C@H](C(=O)N1CSC[C@H]1C(=O)O)c1ccccc1)OCc1ccccc1. The van der Waals surface area contributed by atoms with Gasteiger partial charge in [0.1, 0.15) is 18.7 Å². The maximum atomic E-state index is 13.0. The lowest BCUT2D eigenvalue weighted by Gasteiger charge is -2.26. The number of amides is 2.